The van der Waals surface area contributed by atoms with Crippen LogP contribution in [-0.2, 0) is 13.0 Å². The average molecular weight is 565 g/mol. The fourth-order valence-corrected chi connectivity index (χ4v) is 5.22. The van der Waals surface area contributed by atoms with E-state index in [1.54, 1.807) is 0 Å². The number of tetrazole rings is 1. The van der Waals surface area contributed by atoms with Gasteiger partial charge in [0.05, 0.1) is 11.0 Å². The van der Waals surface area contributed by atoms with Crippen molar-refractivity contribution in [3.63, 3.8) is 0 Å². The van der Waals surface area contributed by atoms with Crippen LogP contribution in [-0.4, -0.2) is 35.2 Å². The summed E-state index contributed by atoms with van der Waals surface area (Å²) in [4.78, 5) is 9.69. The number of hydrogen-bond acceptors (Lipinski definition) is 6. The number of fused-ring (bicyclic) bond motifs is 2. The maximum atomic E-state index is 6.30. The first-order valence-electron chi connectivity index (χ1n) is 11.4. The van der Waals surface area contributed by atoms with Crippen LogP contribution in [0.2, 0.25) is 0 Å². The van der Waals surface area contributed by atoms with E-state index < -0.39 is 0 Å². The first kappa shape index (κ1) is 24.1. The van der Waals surface area contributed by atoms with Crippen LogP contribution in [0.3, 0.4) is 0 Å². The Morgan fingerprint density at radius 3 is 2.58 bits per heavy atom. The van der Waals surface area contributed by atoms with Crippen LogP contribution in [0.1, 0.15) is 29.6 Å². The molecule has 0 aliphatic rings. The van der Waals surface area contributed by atoms with Gasteiger partial charge in [-0.2, -0.15) is 0 Å². The number of rotatable bonds is 5. The number of pyridine rings is 1. The van der Waals surface area contributed by atoms with Gasteiger partial charge in [-0.05, 0) is 69.5 Å². The van der Waals surface area contributed by atoms with Gasteiger partial charge in [-0.1, -0.05) is 37.3 Å². The SMILES string of the molecule is CCc1nc2c(C)cc(C)nc2n1Cc1ccc2oc(-c3ccccc3-c3nnn[nH]3)c(Br)c2c1.Cl. The zero-order valence-electron chi connectivity index (χ0n) is 19.9. The van der Waals surface area contributed by atoms with E-state index in [2.05, 4.69) is 73.2 Å². The molecular weight excluding hydrogens is 542 g/mol. The second kappa shape index (κ2) is 9.48. The molecule has 4 aromatic heterocycles. The molecule has 0 amide bonds. The summed E-state index contributed by atoms with van der Waals surface area (Å²) in [6, 6.07) is 16.3. The highest BCUT2D eigenvalue weighted by molar-refractivity contribution is 9.10. The summed E-state index contributed by atoms with van der Waals surface area (Å²) in [5, 5.41) is 15.4. The molecule has 6 rings (SSSR count). The third kappa shape index (κ3) is 3.98. The number of aromatic amines is 1. The summed E-state index contributed by atoms with van der Waals surface area (Å²) in [6.45, 7) is 6.93. The van der Waals surface area contributed by atoms with E-state index in [0.29, 0.717) is 12.4 Å². The van der Waals surface area contributed by atoms with E-state index in [1.807, 2.05) is 37.3 Å². The zero-order chi connectivity index (χ0) is 24.1. The number of H-pyrrole nitrogens is 1. The molecule has 0 unspecified atom stereocenters. The molecule has 8 nitrogen and oxygen atoms in total. The highest BCUT2D eigenvalue weighted by Gasteiger charge is 2.20. The number of furan rings is 1. The monoisotopic (exact) mass is 563 g/mol. The molecule has 10 heteroatoms. The van der Waals surface area contributed by atoms with Gasteiger partial charge in [-0.3, -0.25) is 0 Å². The summed E-state index contributed by atoms with van der Waals surface area (Å²) in [6.07, 6.45) is 0.837. The molecule has 36 heavy (non-hydrogen) atoms. The standard InChI is InChI=1S/C26H22BrN7O.ClH/c1-4-21-29-23-14(2)11-15(3)28-26(23)34(21)13-16-9-10-20-19(12-16)22(27)24(35-20)17-7-5-6-8-18(17)25-30-32-33-31-25;/h5-12H,4,13H2,1-3H3,(H,30,31,32,33);1H. The van der Waals surface area contributed by atoms with Crippen molar-refractivity contribution in [3.8, 4) is 22.7 Å². The van der Waals surface area contributed by atoms with Gasteiger partial charge in [0.15, 0.2) is 11.5 Å². The Morgan fingerprint density at radius 1 is 1.03 bits per heavy atom. The lowest BCUT2D eigenvalue weighted by Crippen LogP contribution is -2.05. The molecule has 0 aliphatic carbocycles. The molecule has 0 aliphatic heterocycles. The highest BCUT2D eigenvalue weighted by Crippen LogP contribution is 2.41. The van der Waals surface area contributed by atoms with Crippen molar-refractivity contribution < 1.29 is 4.42 Å². The number of hydrogen-bond donors (Lipinski definition) is 1. The van der Waals surface area contributed by atoms with Gasteiger partial charge in [0.1, 0.15) is 22.7 Å². The molecule has 2 aromatic carbocycles. The summed E-state index contributed by atoms with van der Waals surface area (Å²) in [5.74, 6) is 2.35. The molecule has 182 valence electrons. The Labute approximate surface area is 221 Å². The number of aromatic nitrogens is 7. The Bertz CT molecular complexity index is 1710. The molecule has 4 heterocycles. The van der Waals surface area contributed by atoms with Gasteiger partial charge >= 0.3 is 0 Å². The smallest absolute Gasteiger partial charge is 0.180 e. The Hall–Kier alpha value is -3.56. The van der Waals surface area contributed by atoms with E-state index in [0.717, 1.165) is 72.6 Å². The molecule has 1 N–H and O–H groups in total. The van der Waals surface area contributed by atoms with Crippen molar-refractivity contribution in [3.05, 3.63) is 75.6 Å². The van der Waals surface area contributed by atoms with Crippen LogP contribution in [0.5, 0.6) is 0 Å². The molecule has 0 radical (unpaired) electrons. The van der Waals surface area contributed by atoms with Gasteiger partial charge in [0.25, 0.3) is 0 Å². The van der Waals surface area contributed by atoms with Crippen LogP contribution in [0, 0.1) is 13.8 Å². The van der Waals surface area contributed by atoms with Crippen molar-refractivity contribution in [2.45, 2.75) is 33.7 Å². The Balaban J connectivity index is 0.00000267. The predicted octanol–water partition coefficient (Wildman–Crippen LogP) is 6.44. The van der Waals surface area contributed by atoms with E-state index in [9.17, 15) is 0 Å². The Morgan fingerprint density at radius 2 is 1.83 bits per heavy atom. The van der Waals surface area contributed by atoms with E-state index >= 15 is 0 Å². The number of nitrogens with one attached hydrogen (secondary N) is 1. The molecule has 0 atom stereocenters. The van der Waals surface area contributed by atoms with Gasteiger partial charge in [-0.25, -0.2) is 15.1 Å². The van der Waals surface area contributed by atoms with Crippen molar-refractivity contribution in [1.29, 1.82) is 0 Å². The fraction of sp³-hybridized carbons (Fsp3) is 0.192. The lowest BCUT2D eigenvalue weighted by atomic mass is 10.0. The van der Waals surface area contributed by atoms with Gasteiger partial charge in [-0.15, -0.1) is 17.5 Å². The van der Waals surface area contributed by atoms with Crippen molar-refractivity contribution in [1.82, 2.24) is 35.2 Å². The number of benzene rings is 2. The summed E-state index contributed by atoms with van der Waals surface area (Å²) >= 11 is 3.80. The minimum Gasteiger partial charge on any atom is -0.455 e. The lowest BCUT2D eigenvalue weighted by Gasteiger charge is -2.08. The summed E-state index contributed by atoms with van der Waals surface area (Å²) in [5.41, 5.74) is 7.77. The van der Waals surface area contributed by atoms with Crippen LogP contribution in [0.25, 0.3) is 44.8 Å². The predicted molar refractivity (Wildman–Crippen MR) is 145 cm³/mol. The second-order valence-corrected chi connectivity index (χ2v) is 9.38. The zero-order valence-corrected chi connectivity index (χ0v) is 22.3. The first-order chi connectivity index (χ1) is 17.0. The lowest BCUT2D eigenvalue weighted by molar-refractivity contribution is 0.629. The van der Waals surface area contributed by atoms with Gasteiger partial charge in [0, 0.05) is 28.6 Å². The quantitative estimate of drug-likeness (QED) is 0.259. The third-order valence-corrected chi connectivity index (χ3v) is 7.01. The van der Waals surface area contributed by atoms with Crippen LogP contribution in [0.4, 0.5) is 0 Å². The average Bonchev–Trinajstić information content (AvgIpc) is 3.58. The topological polar surface area (TPSA) is 98.3 Å². The van der Waals surface area contributed by atoms with Crippen molar-refractivity contribution >= 4 is 50.5 Å². The molecule has 0 spiro atoms. The molecule has 0 bridgehead atoms. The van der Waals surface area contributed by atoms with Crippen molar-refractivity contribution in [2.75, 3.05) is 0 Å². The minimum absolute atomic E-state index is 0. The second-order valence-electron chi connectivity index (χ2n) is 8.59. The largest absolute Gasteiger partial charge is 0.455 e. The fourth-order valence-electron chi connectivity index (χ4n) is 4.61. The number of halogens is 2. The van der Waals surface area contributed by atoms with Crippen LogP contribution < -0.4 is 0 Å². The molecular formula is C26H23BrClN7O. The third-order valence-electron chi connectivity index (χ3n) is 6.22. The van der Waals surface area contributed by atoms with Crippen LogP contribution in [0.15, 0.2) is 57.4 Å². The Kier molecular flexibility index (Phi) is 6.36. The van der Waals surface area contributed by atoms with E-state index in [1.165, 1.54) is 0 Å². The number of imidazole rings is 1. The molecule has 0 fully saturated rings. The molecule has 0 saturated heterocycles. The maximum Gasteiger partial charge on any atom is 0.180 e. The normalized spacial score (nSPS) is 11.3. The summed E-state index contributed by atoms with van der Waals surface area (Å²) < 4.78 is 9.41. The van der Waals surface area contributed by atoms with E-state index in [-0.39, 0.29) is 12.4 Å². The van der Waals surface area contributed by atoms with E-state index in [4.69, 9.17) is 14.4 Å². The minimum atomic E-state index is 0. The molecule has 0 saturated carbocycles. The molecule has 6 aromatic rings. The highest BCUT2D eigenvalue weighted by atomic mass is 79.9. The maximum absolute atomic E-state index is 6.30. The van der Waals surface area contributed by atoms with Gasteiger partial charge in [0.2, 0.25) is 0 Å². The number of aryl methyl sites for hydroxylation is 3. The van der Waals surface area contributed by atoms with Crippen molar-refractivity contribution in [2.24, 2.45) is 0 Å². The van der Waals surface area contributed by atoms with Gasteiger partial charge < -0.3 is 8.98 Å². The summed E-state index contributed by atoms with van der Waals surface area (Å²) in [7, 11) is 0. The van der Waals surface area contributed by atoms with Crippen LogP contribution >= 0.6 is 28.3 Å². The number of nitrogens with zero attached hydrogens (tertiary/aromatic N) is 6. The first-order valence-corrected chi connectivity index (χ1v) is 12.2.